The molecule has 1 amide bonds. The standard InChI is InChI=1S/C22H25N5O3/c1-3-29-17-10-11-23-21(14-17)30-18-9-8-16(2)26(15-18)22(28)19-6-4-5-7-20(19)27-24-12-13-25-27/h4-7,10-14,16,18H,3,8-9,15H2,1-2H3. The van der Waals surface area contributed by atoms with Crippen LogP contribution < -0.4 is 9.47 Å². The average molecular weight is 407 g/mol. The summed E-state index contributed by atoms with van der Waals surface area (Å²) in [6.45, 7) is 5.07. The number of aromatic nitrogens is 4. The van der Waals surface area contributed by atoms with Crippen LogP contribution in [-0.2, 0) is 0 Å². The summed E-state index contributed by atoms with van der Waals surface area (Å²) in [7, 11) is 0. The number of pyridine rings is 1. The van der Waals surface area contributed by atoms with Crippen LogP contribution in [0, 0.1) is 0 Å². The number of hydrogen-bond acceptors (Lipinski definition) is 6. The zero-order valence-corrected chi connectivity index (χ0v) is 17.1. The zero-order chi connectivity index (χ0) is 20.9. The second kappa shape index (κ2) is 8.94. The molecule has 0 radical (unpaired) electrons. The maximum absolute atomic E-state index is 13.4. The largest absolute Gasteiger partial charge is 0.494 e. The van der Waals surface area contributed by atoms with Crippen LogP contribution in [0.3, 0.4) is 0 Å². The number of hydrogen-bond donors (Lipinski definition) is 0. The molecule has 1 saturated heterocycles. The fourth-order valence-electron chi connectivity index (χ4n) is 3.66. The van der Waals surface area contributed by atoms with Gasteiger partial charge in [-0.1, -0.05) is 12.1 Å². The number of amides is 1. The van der Waals surface area contributed by atoms with Gasteiger partial charge in [-0.3, -0.25) is 4.79 Å². The van der Waals surface area contributed by atoms with E-state index in [1.807, 2.05) is 36.1 Å². The van der Waals surface area contributed by atoms with Crippen LogP contribution in [0.15, 0.2) is 55.0 Å². The fourth-order valence-corrected chi connectivity index (χ4v) is 3.66. The predicted octanol–water partition coefficient (Wildman–Crippen LogP) is 3.13. The lowest BCUT2D eigenvalue weighted by Gasteiger charge is -2.38. The number of rotatable bonds is 6. The van der Waals surface area contributed by atoms with Gasteiger partial charge in [0, 0.05) is 18.3 Å². The number of carbonyl (C=O) groups excluding carboxylic acids is 1. The van der Waals surface area contributed by atoms with Crippen molar-refractivity contribution in [2.24, 2.45) is 0 Å². The normalized spacial score (nSPS) is 18.8. The Hall–Kier alpha value is -3.42. The lowest BCUT2D eigenvalue weighted by atomic mass is 9.99. The van der Waals surface area contributed by atoms with Gasteiger partial charge in [0.2, 0.25) is 5.88 Å². The number of likely N-dealkylation sites (tertiary alicyclic amines) is 1. The first-order chi connectivity index (χ1) is 14.7. The molecular formula is C22H25N5O3. The van der Waals surface area contributed by atoms with Gasteiger partial charge in [-0.25, -0.2) is 4.98 Å². The van der Waals surface area contributed by atoms with Crippen LogP contribution in [0.4, 0.5) is 0 Å². The van der Waals surface area contributed by atoms with Crippen LogP contribution in [0.2, 0.25) is 0 Å². The van der Waals surface area contributed by atoms with Crippen LogP contribution >= 0.6 is 0 Å². The third kappa shape index (κ3) is 4.27. The molecule has 1 aliphatic rings. The van der Waals surface area contributed by atoms with Gasteiger partial charge >= 0.3 is 0 Å². The van der Waals surface area contributed by atoms with E-state index in [1.165, 1.54) is 4.80 Å². The average Bonchev–Trinajstić information content (AvgIpc) is 3.30. The molecule has 2 atom stereocenters. The number of carbonyl (C=O) groups is 1. The molecule has 30 heavy (non-hydrogen) atoms. The third-order valence-corrected chi connectivity index (χ3v) is 5.17. The Bertz CT molecular complexity index is 992. The SMILES string of the molecule is CCOc1ccnc(OC2CCC(C)N(C(=O)c3ccccc3-n3nccn3)C2)c1. The van der Waals surface area contributed by atoms with Gasteiger partial charge in [-0.15, -0.1) is 0 Å². The minimum atomic E-state index is -0.135. The summed E-state index contributed by atoms with van der Waals surface area (Å²) in [5, 5.41) is 8.36. The van der Waals surface area contributed by atoms with Crippen molar-refractivity contribution in [1.82, 2.24) is 24.9 Å². The fraction of sp³-hybridized carbons (Fsp3) is 0.364. The molecule has 2 unspecified atom stereocenters. The molecule has 0 bridgehead atoms. The molecule has 0 saturated carbocycles. The van der Waals surface area contributed by atoms with Crippen molar-refractivity contribution in [3.63, 3.8) is 0 Å². The van der Waals surface area contributed by atoms with Gasteiger partial charge in [0.25, 0.3) is 5.91 Å². The molecule has 0 N–H and O–H groups in total. The summed E-state index contributed by atoms with van der Waals surface area (Å²) in [5.41, 5.74) is 1.23. The van der Waals surface area contributed by atoms with E-state index in [9.17, 15) is 4.79 Å². The maximum Gasteiger partial charge on any atom is 0.256 e. The number of ether oxygens (including phenoxy) is 2. The molecular weight excluding hydrogens is 382 g/mol. The number of benzene rings is 1. The molecule has 8 heteroatoms. The molecule has 1 fully saturated rings. The monoisotopic (exact) mass is 407 g/mol. The van der Waals surface area contributed by atoms with Gasteiger partial charge < -0.3 is 14.4 Å². The molecule has 156 valence electrons. The van der Waals surface area contributed by atoms with Gasteiger partial charge in [-0.2, -0.15) is 15.0 Å². The highest BCUT2D eigenvalue weighted by Gasteiger charge is 2.32. The smallest absolute Gasteiger partial charge is 0.256 e. The third-order valence-electron chi connectivity index (χ3n) is 5.17. The molecule has 8 nitrogen and oxygen atoms in total. The number of nitrogens with zero attached hydrogens (tertiary/aromatic N) is 5. The van der Waals surface area contributed by atoms with Crippen molar-refractivity contribution < 1.29 is 14.3 Å². The van der Waals surface area contributed by atoms with Crippen molar-refractivity contribution in [2.75, 3.05) is 13.2 Å². The van der Waals surface area contributed by atoms with E-state index in [4.69, 9.17) is 9.47 Å². The van der Waals surface area contributed by atoms with Crippen molar-refractivity contribution in [3.05, 3.63) is 60.6 Å². The topological polar surface area (TPSA) is 82.4 Å². The Balaban J connectivity index is 1.52. The van der Waals surface area contributed by atoms with Gasteiger partial charge in [0.1, 0.15) is 11.9 Å². The quantitative estimate of drug-likeness (QED) is 0.624. The highest BCUT2D eigenvalue weighted by atomic mass is 16.5. The van der Waals surface area contributed by atoms with Gasteiger partial charge in [0.05, 0.1) is 36.8 Å². The Kier molecular flexibility index (Phi) is 5.92. The summed E-state index contributed by atoms with van der Waals surface area (Å²) >= 11 is 0. The number of piperidine rings is 1. The first-order valence-corrected chi connectivity index (χ1v) is 10.2. The lowest BCUT2D eigenvalue weighted by Crippen LogP contribution is -2.49. The summed E-state index contributed by atoms with van der Waals surface area (Å²) in [4.78, 5) is 21.0. The van der Waals surface area contributed by atoms with Crippen molar-refractivity contribution in [2.45, 2.75) is 38.8 Å². The van der Waals surface area contributed by atoms with E-state index >= 15 is 0 Å². The van der Waals surface area contributed by atoms with Crippen molar-refractivity contribution in [3.8, 4) is 17.3 Å². The van der Waals surface area contributed by atoms with Gasteiger partial charge in [0.15, 0.2) is 0 Å². The summed E-state index contributed by atoms with van der Waals surface area (Å²) in [6.07, 6.45) is 6.43. The first kappa shape index (κ1) is 19.9. The molecule has 0 aliphatic carbocycles. The maximum atomic E-state index is 13.4. The van der Waals surface area contributed by atoms with Gasteiger partial charge in [-0.05, 0) is 44.9 Å². The highest BCUT2D eigenvalue weighted by Crippen LogP contribution is 2.26. The van der Waals surface area contributed by atoms with Crippen LogP contribution in [-0.4, -0.2) is 56.1 Å². The van der Waals surface area contributed by atoms with E-state index in [0.29, 0.717) is 30.3 Å². The summed E-state index contributed by atoms with van der Waals surface area (Å²) < 4.78 is 11.6. The Labute approximate surface area is 175 Å². The second-order valence-corrected chi connectivity index (χ2v) is 7.22. The minimum absolute atomic E-state index is 0.0558. The molecule has 3 aromatic rings. The summed E-state index contributed by atoms with van der Waals surface area (Å²) in [5.74, 6) is 1.18. The Morgan fingerprint density at radius 3 is 2.73 bits per heavy atom. The molecule has 4 rings (SSSR count). The molecule has 3 heterocycles. The minimum Gasteiger partial charge on any atom is -0.494 e. The van der Waals surface area contributed by atoms with Crippen LogP contribution in [0.1, 0.15) is 37.0 Å². The van der Waals surface area contributed by atoms with Crippen LogP contribution in [0.5, 0.6) is 11.6 Å². The van der Waals surface area contributed by atoms with E-state index in [0.717, 1.165) is 18.6 Å². The number of para-hydroxylation sites is 1. The van der Waals surface area contributed by atoms with Crippen molar-refractivity contribution >= 4 is 5.91 Å². The highest BCUT2D eigenvalue weighted by molar-refractivity contribution is 5.98. The zero-order valence-electron chi connectivity index (χ0n) is 17.1. The van der Waals surface area contributed by atoms with E-state index in [2.05, 4.69) is 22.1 Å². The molecule has 1 aliphatic heterocycles. The molecule has 0 spiro atoms. The Morgan fingerprint density at radius 2 is 1.93 bits per heavy atom. The predicted molar refractivity (Wildman–Crippen MR) is 111 cm³/mol. The van der Waals surface area contributed by atoms with Crippen LogP contribution in [0.25, 0.3) is 5.69 Å². The van der Waals surface area contributed by atoms with E-state index in [-0.39, 0.29) is 18.1 Å². The van der Waals surface area contributed by atoms with E-state index in [1.54, 1.807) is 30.7 Å². The molecule has 1 aromatic carbocycles. The van der Waals surface area contributed by atoms with Crippen molar-refractivity contribution in [1.29, 1.82) is 0 Å². The van der Waals surface area contributed by atoms with E-state index < -0.39 is 0 Å². The summed E-state index contributed by atoms with van der Waals surface area (Å²) in [6, 6.07) is 11.1. The molecule has 2 aromatic heterocycles. The lowest BCUT2D eigenvalue weighted by molar-refractivity contribution is 0.0372. The second-order valence-electron chi connectivity index (χ2n) is 7.22. The first-order valence-electron chi connectivity index (χ1n) is 10.2. The Morgan fingerprint density at radius 1 is 1.13 bits per heavy atom.